The molecule has 1 unspecified atom stereocenters. The molecule has 1 atom stereocenters. The monoisotopic (exact) mass is 466 g/mol. The van der Waals surface area contributed by atoms with Crippen LogP contribution in [0.2, 0.25) is 0 Å². The summed E-state index contributed by atoms with van der Waals surface area (Å²) in [6.45, 7) is 3.44. The number of hydrogen-bond donors (Lipinski definition) is 2. The molecular weight excluding hydrogens is 436 g/mol. The van der Waals surface area contributed by atoms with Gasteiger partial charge >= 0.3 is 5.69 Å². The van der Waals surface area contributed by atoms with E-state index in [2.05, 4.69) is 10.6 Å². The summed E-state index contributed by atoms with van der Waals surface area (Å²) < 4.78 is 13.7. The first-order chi connectivity index (χ1) is 16.4. The molecule has 34 heavy (non-hydrogen) atoms. The van der Waals surface area contributed by atoms with Gasteiger partial charge in [0.2, 0.25) is 5.91 Å². The predicted octanol–water partition coefficient (Wildman–Crippen LogP) is 1.79. The van der Waals surface area contributed by atoms with Gasteiger partial charge in [-0.1, -0.05) is 12.1 Å². The van der Waals surface area contributed by atoms with E-state index >= 15 is 0 Å². The maximum absolute atomic E-state index is 13.7. The zero-order valence-electron chi connectivity index (χ0n) is 19.7. The fourth-order valence-corrected chi connectivity index (χ4v) is 4.47. The molecule has 0 spiro atoms. The Labute approximate surface area is 197 Å². The van der Waals surface area contributed by atoms with Crippen LogP contribution in [0.5, 0.6) is 11.5 Å². The fourth-order valence-electron chi connectivity index (χ4n) is 4.47. The number of carbonyl (C=O) groups excluding carboxylic acids is 1. The van der Waals surface area contributed by atoms with Crippen LogP contribution in [0.15, 0.2) is 46.0 Å². The predicted molar refractivity (Wildman–Crippen MR) is 130 cm³/mol. The van der Waals surface area contributed by atoms with Crippen LogP contribution in [0.1, 0.15) is 36.9 Å². The molecule has 2 heterocycles. The van der Waals surface area contributed by atoms with Crippen LogP contribution in [-0.2, 0) is 17.9 Å². The Bertz CT molecular complexity index is 1320. The molecule has 1 aliphatic rings. The number of benzene rings is 2. The van der Waals surface area contributed by atoms with Gasteiger partial charge in [0.25, 0.3) is 5.56 Å². The third-order valence-electron chi connectivity index (χ3n) is 6.20. The van der Waals surface area contributed by atoms with Gasteiger partial charge in [-0.25, -0.2) is 4.79 Å². The fraction of sp³-hybridized carbons (Fsp3) is 0.400. The molecule has 180 valence electrons. The van der Waals surface area contributed by atoms with Crippen molar-refractivity contribution in [3.8, 4) is 11.5 Å². The molecule has 9 heteroatoms. The molecule has 9 nitrogen and oxygen atoms in total. The van der Waals surface area contributed by atoms with Crippen LogP contribution in [-0.4, -0.2) is 42.4 Å². The second-order valence-corrected chi connectivity index (χ2v) is 8.49. The molecule has 1 saturated heterocycles. The van der Waals surface area contributed by atoms with Gasteiger partial charge in [0.05, 0.1) is 37.7 Å². The average molecular weight is 467 g/mol. The third-order valence-corrected chi connectivity index (χ3v) is 6.20. The highest BCUT2D eigenvalue weighted by Crippen LogP contribution is 2.28. The number of piperidine rings is 1. The number of nitrogens with one attached hydrogen (secondary N) is 2. The highest BCUT2D eigenvalue weighted by atomic mass is 16.5. The first-order valence-corrected chi connectivity index (χ1v) is 11.4. The zero-order valence-corrected chi connectivity index (χ0v) is 19.7. The molecule has 2 N–H and O–H groups in total. The highest BCUT2D eigenvalue weighted by Gasteiger charge is 2.22. The van der Waals surface area contributed by atoms with Crippen molar-refractivity contribution in [3.05, 3.63) is 68.4 Å². The average Bonchev–Trinajstić information content (AvgIpc) is 2.86. The van der Waals surface area contributed by atoms with Gasteiger partial charge in [0.15, 0.2) is 11.5 Å². The number of fused-ring (bicyclic) bond motifs is 1. The van der Waals surface area contributed by atoms with E-state index in [0.29, 0.717) is 35.5 Å². The molecule has 1 aromatic heterocycles. The molecule has 0 bridgehead atoms. The minimum Gasteiger partial charge on any atom is -0.493 e. The Hall–Kier alpha value is -3.59. The van der Waals surface area contributed by atoms with E-state index < -0.39 is 0 Å². The van der Waals surface area contributed by atoms with Crippen molar-refractivity contribution >= 4 is 16.8 Å². The summed E-state index contributed by atoms with van der Waals surface area (Å²) in [5.74, 6) is 0.956. The van der Waals surface area contributed by atoms with Gasteiger partial charge in [0.1, 0.15) is 0 Å². The maximum atomic E-state index is 13.7. The van der Waals surface area contributed by atoms with Gasteiger partial charge in [-0.15, -0.1) is 0 Å². The van der Waals surface area contributed by atoms with E-state index in [1.165, 1.54) is 11.5 Å². The molecule has 0 radical (unpaired) electrons. The maximum Gasteiger partial charge on any atom is 0.332 e. The van der Waals surface area contributed by atoms with Gasteiger partial charge in [-0.3, -0.25) is 18.7 Å². The minimum atomic E-state index is -0.362. The normalized spacial score (nSPS) is 15.8. The van der Waals surface area contributed by atoms with Gasteiger partial charge < -0.3 is 20.1 Å². The third kappa shape index (κ3) is 4.70. The number of hydrogen-bond acceptors (Lipinski definition) is 6. The smallest absolute Gasteiger partial charge is 0.332 e. The number of carbonyl (C=O) groups is 1. The van der Waals surface area contributed by atoms with Crippen LogP contribution in [0, 0.1) is 0 Å². The van der Waals surface area contributed by atoms with E-state index in [1.54, 1.807) is 37.0 Å². The van der Waals surface area contributed by atoms with Crippen molar-refractivity contribution in [2.24, 2.45) is 0 Å². The summed E-state index contributed by atoms with van der Waals surface area (Å²) in [5, 5.41) is 6.57. The largest absolute Gasteiger partial charge is 0.493 e. The van der Waals surface area contributed by atoms with Crippen LogP contribution in [0.25, 0.3) is 10.9 Å². The number of amides is 1. The standard InChI is InChI=1S/C25H30N4O5/c1-16(30)27-13-17-6-8-21-20(11-17)24(31)28(25(32)29(21)19-5-4-10-26-14-19)15-18-7-9-22(33-2)23(12-18)34-3/h6-9,11-12,19,26H,4-5,10,13-15H2,1-3H3,(H,27,30). The molecule has 1 fully saturated rings. The summed E-state index contributed by atoms with van der Waals surface area (Å²) in [6.07, 6.45) is 1.80. The van der Waals surface area contributed by atoms with E-state index in [-0.39, 0.29) is 29.7 Å². The minimum absolute atomic E-state index is 0.0535. The number of nitrogens with zero attached hydrogens (tertiary/aromatic N) is 2. The molecule has 1 amide bonds. The van der Waals surface area contributed by atoms with Crippen molar-refractivity contribution in [1.29, 1.82) is 0 Å². The lowest BCUT2D eigenvalue weighted by Gasteiger charge is -2.27. The first kappa shape index (κ1) is 23.6. The zero-order chi connectivity index (χ0) is 24.2. The molecular formula is C25H30N4O5. The van der Waals surface area contributed by atoms with Crippen LogP contribution < -0.4 is 31.4 Å². The molecule has 2 aromatic carbocycles. The molecule has 0 saturated carbocycles. The Balaban J connectivity index is 1.87. The summed E-state index contributed by atoms with van der Waals surface area (Å²) in [4.78, 5) is 38.6. The van der Waals surface area contributed by atoms with E-state index in [9.17, 15) is 14.4 Å². The van der Waals surface area contributed by atoms with Crippen molar-refractivity contribution in [2.45, 2.75) is 38.9 Å². The molecule has 4 rings (SSSR count). The van der Waals surface area contributed by atoms with Crippen LogP contribution in [0.4, 0.5) is 0 Å². The lowest BCUT2D eigenvalue weighted by atomic mass is 10.1. The second kappa shape index (κ2) is 10.1. The lowest BCUT2D eigenvalue weighted by Crippen LogP contribution is -2.45. The number of ether oxygens (including phenoxy) is 2. The van der Waals surface area contributed by atoms with Crippen molar-refractivity contribution < 1.29 is 14.3 Å². The Morgan fingerprint density at radius 1 is 1.09 bits per heavy atom. The Morgan fingerprint density at radius 2 is 1.85 bits per heavy atom. The number of methoxy groups -OCH3 is 2. The lowest BCUT2D eigenvalue weighted by molar-refractivity contribution is -0.119. The van der Waals surface area contributed by atoms with Gasteiger partial charge in [0, 0.05) is 20.0 Å². The molecule has 3 aromatic rings. The Kier molecular flexibility index (Phi) is 7.02. The molecule has 1 aliphatic heterocycles. The Morgan fingerprint density at radius 3 is 2.53 bits per heavy atom. The summed E-state index contributed by atoms with van der Waals surface area (Å²) in [6, 6.07) is 10.7. The van der Waals surface area contributed by atoms with Crippen LogP contribution in [0.3, 0.4) is 0 Å². The molecule has 0 aliphatic carbocycles. The summed E-state index contributed by atoms with van der Waals surface area (Å²) in [5.41, 5.74) is 1.46. The number of rotatable bonds is 7. The highest BCUT2D eigenvalue weighted by molar-refractivity contribution is 5.79. The first-order valence-electron chi connectivity index (χ1n) is 11.4. The van der Waals surface area contributed by atoms with Crippen molar-refractivity contribution in [3.63, 3.8) is 0 Å². The summed E-state index contributed by atoms with van der Waals surface area (Å²) >= 11 is 0. The van der Waals surface area contributed by atoms with Crippen molar-refractivity contribution in [2.75, 3.05) is 27.3 Å². The topological polar surface area (TPSA) is 104 Å². The van der Waals surface area contributed by atoms with Gasteiger partial charge in [-0.2, -0.15) is 0 Å². The van der Waals surface area contributed by atoms with E-state index in [4.69, 9.17) is 9.47 Å². The van der Waals surface area contributed by atoms with E-state index in [0.717, 1.165) is 30.5 Å². The second-order valence-electron chi connectivity index (χ2n) is 8.49. The number of aromatic nitrogens is 2. The van der Waals surface area contributed by atoms with Crippen LogP contribution >= 0.6 is 0 Å². The van der Waals surface area contributed by atoms with Crippen molar-refractivity contribution in [1.82, 2.24) is 19.8 Å². The quantitative estimate of drug-likeness (QED) is 0.550. The summed E-state index contributed by atoms with van der Waals surface area (Å²) in [7, 11) is 3.10. The van der Waals surface area contributed by atoms with Gasteiger partial charge in [-0.05, 0) is 54.8 Å². The SMILES string of the molecule is COc1ccc(Cn2c(=O)c3cc(CNC(C)=O)ccc3n(C3CCCNC3)c2=O)cc1OC. The van der Waals surface area contributed by atoms with E-state index in [1.807, 2.05) is 18.2 Å².